The van der Waals surface area contributed by atoms with Crippen molar-refractivity contribution in [1.29, 1.82) is 0 Å². The second-order valence-corrected chi connectivity index (χ2v) is 32.5. The highest BCUT2D eigenvalue weighted by atomic mass is 28.4. The number of amides is 3. The number of nitrogens with one attached hydrogen (secondary N) is 1. The number of aliphatic hydroxyl groups excluding tert-OH is 1. The number of carbonyl (C=O) groups is 4. The zero-order valence-electron chi connectivity index (χ0n) is 58.1. The van der Waals surface area contributed by atoms with Gasteiger partial charge >= 0.3 is 5.97 Å². The number of nitrogens with zero attached hydrogens (tertiary/aromatic N) is 1. The minimum Gasteiger partial charge on any atom is -0.411 e. The number of hydrogen-bond donors (Lipinski definition) is 2. The molecule has 0 saturated carbocycles. The fourth-order valence-electron chi connectivity index (χ4n) is 6.79. The van der Waals surface area contributed by atoms with E-state index in [0.29, 0.717) is 5.06 Å². The number of hydroxylamine groups is 2. The summed E-state index contributed by atoms with van der Waals surface area (Å²) < 4.78 is 14.3. The lowest BCUT2D eigenvalue weighted by Crippen LogP contribution is -2.59. The maximum atomic E-state index is 13.3. The van der Waals surface area contributed by atoms with Gasteiger partial charge in [0.25, 0.3) is 11.8 Å². The summed E-state index contributed by atoms with van der Waals surface area (Å²) >= 11 is 0. The van der Waals surface area contributed by atoms with Gasteiger partial charge in [-0.2, -0.15) is 0 Å². The molecule has 0 aromatic carbocycles. The van der Waals surface area contributed by atoms with Crippen molar-refractivity contribution in [3.8, 4) is 285 Å². The van der Waals surface area contributed by atoms with Crippen molar-refractivity contribution in [3.05, 3.63) is 0 Å². The van der Waals surface area contributed by atoms with Crippen LogP contribution >= 0.6 is 0 Å². The van der Waals surface area contributed by atoms with Crippen LogP contribution in [-0.2, 0) is 32.9 Å². The van der Waals surface area contributed by atoms with Gasteiger partial charge in [-0.15, -0.1) is 11.5 Å². The highest BCUT2D eigenvalue weighted by Gasteiger charge is 2.47. The third-order valence-electron chi connectivity index (χ3n) is 13.6. The molecule has 1 rings (SSSR count). The molecule has 0 radical (unpaired) electrons. The first-order chi connectivity index (χ1) is 47.1. The standard InChI is InChI=1S/C56H69NO4Si2.C30H7NO4.48H2/c1-13-15-17-19-21-23-25-27-28-29-30-31-32-33-34-35-36-37-39-41-43-45-47-49-53(59)57-51(50-58)54(61-63(11,12)56(6,7)8)52(60-62(9,10)55(3,4)5)48-46-44-42-40-38-26-24-22-20-18-16-14-2;1-2-3-4-5-6-7-8-9-10-11-12-13-14-15-16-17-18-19-20-21-22-23-24-25-30(34)35-31-28(32)26-27-29(31)33;;;;;;;;;;;;;;;;;;;;;;;;;;;;;;;;;;;;;;;;;;;;;;;;/h1,51-52,54,58H,14,16,18,20,22,24,26,38,40,42,44,46,48-50H2,2-12H3,(H,57,59);26-27H2,1H3;48*1H/t51-,52+,54-;;;;;;;;;;;;;;;;;;;;;;;;;;;;;;;;;;;;;;;;;;;;;;;;;/m0................................................./s1. The fourth-order valence-corrected chi connectivity index (χ4v) is 9.50. The Balaban J connectivity index is -0.0000000219. The second-order valence-electron chi connectivity index (χ2n) is 23.0. The Kier molecular flexibility index (Phi) is 48.4. The van der Waals surface area contributed by atoms with Crippen LogP contribution in [0.2, 0.25) is 36.3 Å². The first kappa shape index (κ1) is 85.8. The predicted molar refractivity (Wildman–Crippen MR) is 495 cm³/mol. The topological polar surface area (TPSA) is 131 Å². The van der Waals surface area contributed by atoms with E-state index in [1.165, 1.54) is 64.2 Å². The molecule has 1 fully saturated rings. The van der Waals surface area contributed by atoms with E-state index in [2.05, 4.69) is 357 Å². The van der Waals surface area contributed by atoms with Gasteiger partial charge < -0.3 is 24.1 Å². The van der Waals surface area contributed by atoms with Crippen molar-refractivity contribution in [3.63, 3.8) is 0 Å². The highest BCUT2D eigenvalue weighted by Crippen LogP contribution is 2.42. The molecule has 2 N–H and O–H groups in total. The number of unbranched alkanes of at least 4 members (excludes halogenated alkanes) is 11. The van der Waals surface area contributed by atoms with Gasteiger partial charge in [0.1, 0.15) is 0 Å². The summed E-state index contributed by atoms with van der Waals surface area (Å²) in [4.78, 5) is 51.7. The molecule has 0 spiro atoms. The summed E-state index contributed by atoms with van der Waals surface area (Å²) in [5.74, 6) is 114. The Morgan fingerprint density at radius 3 is 1.11 bits per heavy atom. The Hall–Kier alpha value is -12.2. The maximum Gasteiger partial charge on any atom is 0.410 e. The van der Waals surface area contributed by atoms with E-state index >= 15 is 0 Å². The van der Waals surface area contributed by atoms with Gasteiger partial charge in [-0.25, -0.2) is 4.79 Å². The van der Waals surface area contributed by atoms with E-state index in [0.717, 1.165) is 19.3 Å². The van der Waals surface area contributed by atoms with Crippen molar-refractivity contribution < 1.29 is 106 Å². The Morgan fingerprint density at radius 1 is 0.480 bits per heavy atom. The normalized spacial score (nSPS) is 10.2. The summed E-state index contributed by atoms with van der Waals surface area (Å²) in [5, 5.41) is 14.2. The van der Waals surface area contributed by atoms with Crippen molar-refractivity contribution in [2.75, 3.05) is 6.61 Å². The van der Waals surface area contributed by atoms with E-state index in [1.54, 1.807) is 6.92 Å². The average molecular weight is 1420 g/mol. The van der Waals surface area contributed by atoms with Crippen molar-refractivity contribution >= 4 is 40.3 Å². The molecular formula is C86H172N2O8Si2. The average Bonchev–Trinajstić information content (AvgIpc) is 0.963. The third-order valence-corrected chi connectivity index (χ3v) is 22.6. The largest absolute Gasteiger partial charge is 0.411 e. The van der Waals surface area contributed by atoms with Gasteiger partial charge in [0.2, 0.25) is 5.91 Å². The summed E-state index contributed by atoms with van der Waals surface area (Å²) in [5.41, 5.74) is 0. The second kappa shape index (κ2) is 55.3. The lowest BCUT2D eigenvalue weighted by Gasteiger charge is -2.47. The Labute approximate surface area is 660 Å². The minimum absolute atomic E-state index is 0. The molecule has 3 atom stereocenters. The molecule has 1 saturated heterocycles. The first-order valence-electron chi connectivity index (χ1n) is 31.3. The highest BCUT2D eigenvalue weighted by molar-refractivity contribution is 6.74. The molecule has 1 aliphatic heterocycles. The fraction of sp³-hybridized carbons (Fsp3) is 0.395. The first-order valence-corrected chi connectivity index (χ1v) is 37.1. The molecule has 1 heterocycles. The lowest BCUT2D eigenvalue weighted by atomic mass is 9.99. The quantitative estimate of drug-likeness (QED) is 0.0448. The van der Waals surface area contributed by atoms with E-state index < -0.39 is 46.6 Å². The third kappa shape index (κ3) is 46.8. The molecular weight excluding hydrogens is 1250 g/mol. The zero-order chi connectivity index (χ0) is 72.7. The molecule has 10 nitrogen and oxygen atoms in total. The lowest BCUT2D eigenvalue weighted by molar-refractivity contribution is -0.193. The molecule has 0 aliphatic carbocycles. The van der Waals surface area contributed by atoms with Gasteiger partial charge in [-0.1, -0.05) is 137 Å². The number of aliphatic hydroxyl groups is 1. The van der Waals surface area contributed by atoms with Crippen LogP contribution in [0, 0.1) is 285 Å². The number of imide groups is 1. The van der Waals surface area contributed by atoms with Gasteiger partial charge in [-0.05, 0) is 239 Å². The van der Waals surface area contributed by atoms with Crippen LogP contribution in [0.5, 0.6) is 0 Å². The molecule has 0 aromatic rings. The smallest absolute Gasteiger partial charge is 0.410 e. The number of rotatable bonds is 23. The molecule has 3 amide bonds. The minimum atomic E-state index is -2.37. The van der Waals surface area contributed by atoms with Crippen molar-refractivity contribution in [1.82, 2.24) is 10.4 Å². The molecule has 98 heavy (non-hydrogen) atoms. The summed E-state index contributed by atoms with van der Waals surface area (Å²) in [6.45, 7) is 25.9. The summed E-state index contributed by atoms with van der Waals surface area (Å²) in [6, 6.07) is -0.671. The van der Waals surface area contributed by atoms with E-state index in [1.807, 2.05) is 5.92 Å². The summed E-state index contributed by atoms with van der Waals surface area (Å²) in [6.07, 6.45) is 20.1. The van der Waals surface area contributed by atoms with Gasteiger partial charge in [0.15, 0.2) is 16.6 Å². The maximum absolute atomic E-state index is 13.3. The van der Waals surface area contributed by atoms with E-state index in [4.69, 9.17) is 15.3 Å². The van der Waals surface area contributed by atoms with E-state index in [-0.39, 0.29) is 116 Å². The SMILES string of the molecule is C#CC#CC#CC#CC#CC#CC#CC#CC#CC#CC#CC#CCC(=O)N[C@@H](CO)[C@H](O[Si](C)(C)C(C)(C)C)[C@@H](CCCCCCCCCCCCCC)O[Si](C)(C)C(C)(C)C.CC#CC#CC#CC#CC#CC#CC#CC#CC#CC#CC#CC#CC(=O)ON1C(=O)CCC1=O.[HH].[HH].[HH].[HH].[HH].[HH].[HH].[HH].[HH].[HH].[HH].[HH].[HH].[HH].[HH].[HH].[HH].[HH].[HH].[HH].[HH].[HH].[HH].[HH].[HH].[HH].[HH].[HH].[HH].[HH].[HH].[HH].[HH].[HH].[HH].[HH].[HH].[HH].[HH].[HH].[HH].[HH].[HH].[HH].[HH].[HH].[HH].[HH]. The Morgan fingerprint density at radius 2 is 0.786 bits per heavy atom. The van der Waals surface area contributed by atoms with Gasteiger partial charge in [-0.3, -0.25) is 14.4 Å². The van der Waals surface area contributed by atoms with Crippen molar-refractivity contribution in [2.24, 2.45) is 0 Å². The summed E-state index contributed by atoms with van der Waals surface area (Å²) in [7, 11) is -4.63. The van der Waals surface area contributed by atoms with Crippen LogP contribution < -0.4 is 5.32 Å². The molecule has 12 heteroatoms. The molecule has 1 aliphatic rings. The van der Waals surface area contributed by atoms with Crippen LogP contribution in [-0.4, -0.2) is 75.4 Å². The van der Waals surface area contributed by atoms with Crippen LogP contribution in [0.15, 0.2) is 0 Å². The van der Waals surface area contributed by atoms with Gasteiger partial charge in [0, 0.05) is 158 Å². The van der Waals surface area contributed by atoms with Gasteiger partial charge in [0.05, 0.1) is 31.3 Å². The number of hydrogen-bond acceptors (Lipinski definition) is 8. The van der Waals surface area contributed by atoms with Crippen LogP contribution in [0.1, 0.15) is 227 Å². The molecule has 582 valence electrons. The number of terminal acetylenes is 1. The molecule has 0 aromatic heterocycles. The zero-order valence-corrected chi connectivity index (χ0v) is 60.1. The van der Waals surface area contributed by atoms with Crippen LogP contribution in [0.3, 0.4) is 0 Å². The molecule has 0 unspecified atom stereocenters. The van der Waals surface area contributed by atoms with E-state index in [9.17, 15) is 24.3 Å². The Bertz CT molecular complexity index is 4630. The monoisotopic (exact) mass is 1420 g/mol. The number of carbonyl (C=O) groups excluding carboxylic acids is 4. The van der Waals surface area contributed by atoms with Crippen LogP contribution in [0.4, 0.5) is 0 Å². The van der Waals surface area contributed by atoms with Crippen molar-refractivity contribution in [2.45, 2.75) is 213 Å². The van der Waals surface area contributed by atoms with Crippen LogP contribution in [0.25, 0.3) is 0 Å². The molecule has 0 bridgehead atoms. The predicted octanol–water partition coefficient (Wildman–Crippen LogP) is 20.9.